The van der Waals surface area contributed by atoms with Crippen LogP contribution < -0.4 is 5.32 Å². The Kier molecular flexibility index (Phi) is 6.31. The first-order valence-corrected chi connectivity index (χ1v) is 11.0. The standard InChI is InChI=1S/C26H28N4O3/c1-16(2)33-26(32)23-17(3)24(29-18(23)4)25(31)27-13-19-8-7-9-20(12-19)14-30-15-28-21-10-5-6-11-22(21)30/h5-12,15-16,29H,13-14H2,1-4H3,(H,27,31). The minimum atomic E-state index is -0.421. The number of imidazole rings is 1. The molecule has 0 radical (unpaired) electrons. The number of aryl methyl sites for hydroxylation is 1. The van der Waals surface area contributed by atoms with Gasteiger partial charge < -0.3 is 19.6 Å². The quantitative estimate of drug-likeness (QED) is 0.410. The van der Waals surface area contributed by atoms with E-state index in [2.05, 4.69) is 38.1 Å². The van der Waals surface area contributed by atoms with Crippen molar-refractivity contribution in [1.82, 2.24) is 19.9 Å². The van der Waals surface area contributed by atoms with Crippen LogP contribution in [0.3, 0.4) is 0 Å². The molecular weight excluding hydrogens is 416 g/mol. The summed E-state index contributed by atoms with van der Waals surface area (Å²) in [6.07, 6.45) is 1.62. The molecule has 4 aromatic rings. The van der Waals surface area contributed by atoms with Crippen LogP contribution in [-0.4, -0.2) is 32.5 Å². The molecule has 1 amide bonds. The van der Waals surface area contributed by atoms with Crippen molar-refractivity contribution in [1.29, 1.82) is 0 Å². The Morgan fingerprint density at radius 3 is 2.64 bits per heavy atom. The summed E-state index contributed by atoms with van der Waals surface area (Å²) in [5, 5.41) is 2.95. The smallest absolute Gasteiger partial charge is 0.340 e. The zero-order valence-electron chi connectivity index (χ0n) is 19.3. The Morgan fingerprint density at radius 2 is 1.85 bits per heavy atom. The van der Waals surface area contributed by atoms with Crippen LogP contribution in [0.2, 0.25) is 0 Å². The fraction of sp³-hybridized carbons (Fsp3) is 0.269. The Bertz CT molecular complexity index is 1320. The number of hydrogen-bond acceptors (Lipinski definition) is 4. The van der Waals surface area contributed by atoms with Crippen LogP contribution >= 0.6 is 0 Å². The third kappa shape index (κ3) is 4.82. The maximum atomic E-state index is 12.8. The summed E-state index contributed by atoms with van der Waals surface area (Å²) in [6.45, 7) is 8.19. The van der Waals surface area contributed by atoms with Crippen LogP contribution in [0.1, 0.15) is 57.1 Å². The van der Waals surface area contributed by atoms with E-state index >= 15 is 0 Å². The third-order valence-corrected chi connectivity index (χ3v) is 5.54. The van der Waals surface area contributed by atoms with Crippen LogP contribution in [-0.2, 0) is 17.8 Å². The number of nitrogens with zero attached hydrogens (tertiary/aromatic N) is 2. The Morgan fingerprint density at radius 1 is 1.09 bits per heavy atom. The second-order valence-corrected chi connectivity index (χ2v) is 8.44. The van der Waals surface area contributed by atoms with Crippen molar-refractivity contribution in [3.05, 3.63) is 88.5 Å². The molecule has 2 aromatic heterocycles. The van der Waals surface area contributed by atoms with Gasteiger partial charge >= 0.3 is 5.97 Å². The summed E-state index contributed by atoms with van der Waals surface area (Å²) in [5.41, 5.74) is 6.18. The zero-order valence-corrected chi connectivity index (χ0v) is 19.3. The lowest BCUT2D eigenvalue weighted by atomic mass is 10.1. The molecule has 2 aromatic carbocycles. The summed E-state index contributed by atoms with van der Waals surface area (Å²) in [6, 6.07) is 16.1. The third-order valence-electron chi connectivity index (χ3n) is 5.54. The van der Waals surface area contributed by atoms with Gasteiger partial charge in [0.25, 0.3) is 5.91 Å². The summed E-state index contributed by atoms with van der Waals surface area (Å²) < 4.78 is 7.41. The number of esters is 1. The monoisotopic (exact) mass is 444 g/mol. The first-order chi connectivity index (χ1) is 15.8. The molecule has 0 aliphatic rings. The fourth-order valence-corrected chi connectivity index (χ4v) is 4.00. The molecule has 4 rings (SSSR count). The molecule has 7 nitrogen and oxygen atoms in total. The molecule has 0 bridgehead atoms. The first kappa shape index (κ1) is 22.3. The van der Waals surface area contributed by atoms with Gasteiger partial charge in [0.2, 0.25) is 0 Å². The number of nitrogens with one attached hydrogen (secondary N) is 2. The normalized spacial score (nSPS) is 11.2. The second kappa shape index (κ2) is 9.32. The molecule has 0 saturated heterocycles. The molecule has 170 valence electrons. The van der Waals surface area contributed by atoms with Gasteiger partial charge in [0.1, 0.15) is 5.69 Å². The highest BCUT2D eigenvalue weighted by atomic mass is 16.5. The number of amides is 1. The maximum Gasteiger partial charge on any atom is 0.340 e. The number of benzene rings is 2. The van der Waals surface area contributed by atoms with Crippen molar-refractivity contribution in [2.45, 2.75) is 46.9 Å². The number of aromatic amines is 1. The predicted octanol–water partition coefficient (Wildman–Crippen LogP) is 4.52. The SMILES string of the molecule is Cc1[nH]c(C(=O)NCc2cccc(Cn3cnc4ccccc43)c2)c(C)c1C(=O)OC(C)C. The number of para-hydroxylation sites is 2. The van der Waals surface area contributed by atoms with Crippen molar-refractivity contribution < 1.29 is 14.3 Å². The summed E-state index contributed by atoms with van der Waals surface area (Å²) in [4.78, 5) is 32.7. The van der Waals surface area contributed by atoms with E-state index in [-0.39, 0.29) is 12.0 Å². The van der Waals surface area contributed by atoms with Gasteiger partial charge in [-0.25, -0.2) is 9.78 Å². The minimum absolute atomic E-state index is 0.226. The highest BCUT2D eigenvalue weighted by Crippen LogP contribution is 2.20. The Balaban J connectivity index is 1.45. The van der Waals surface area contributed by atoms with Gasteiger partial charge in [0.15, 0.2) is 0 Å². The maximum absolute atomic E-state index is 12.8. The number of H-pyrrole nitrogens is 1. The largest absolute Gasteiger partial charge is 0.459 e. The lowest BCUT2D eigenvalue weighted by Crippen LogP contribution is -2.24. The van der Waals surface area contributed by atoms with Gasteiger partial charge in [-0.05, 0) is 56.5 Å². The number of carbonyl (C=O) groups excluding carboxylic acids is 2. The minimum Gasteiger partial charge on any atom is -0.459 e. The van der Waals surface area contributed by atoms with Gasteiger partial charge in [-0.2, -0.15) is 0 Å². The van der Waals surface area contributed by atoms with E-state index in [1.807, 2.05) is 36.7 Å². The second-order valence-electron chi connectivity index (χ2n) is 8.44. The zero-order chi connectivity index (χ0) is 23.5. The van der Waals surface area contributed by atoms with E-state index in [1.54, 1.807) is 27.7 Å². The molecule has 2 N–H and O–H groups in total. The van der Waals surface area contributed by atoms with E-state index in [0.29, 0.717) is 35.6 Å². The van der Waals surface area contributed by atoms with Crippen LogP contribution in [0.5, 0.6) is 0 Å². The van der Waals surface area contributed by atoms with Crippen LogP contribution in [0.4, 0.5) is 0 Å². The van der Waals surface area contributed by atoms with Gasteiger partial charge in [-0.15, -0.1) is 0 Å². The molecule has 0 aliphatic carbocycles. The Labute approximate surface area is 192 Å². The van der Waals surface area contributed by atoms with E-state index in [4.69, 9.17) is 4.74 Å². The molecule has 2 heterocycles. The summed E-state index contributed by atoms with van der Waals surface area (Å²) >= 11 is 0. The number of hydrogen-bond donors (Lipinski definition) is 2. The molecular formula is C26H28N4O3. The number of ether oxygens (including phenoxy) is 1. The molecule has 0 aliphatic heterocycles. The first-order valence-electron chi connectivity index (χ1n) is 11.0. The predicted molar refractivity (Wildman–Crippen MR) is 127 cm³/mol. The van der Waals surface area contributed by atoms with Gasteiger partial charge in [0.05, 0.1) is 29.0 Å². The Hall–Kier alpha value is -3.87. The molecule has 0 spiro atoms. The topological polar surface area (TPSA) is 89.0 Å². The van der Waals surface area contributed by atoms with Crippen LogP contribution in [0.25, 0.3) is 11.0 Å². The van der Waals surface area contributed by atoms with E-state index in [9.17, 15) is 9.59 Å². The number of carbonyl (C=O) groups is 2. The lowest BCUT2D eigenvalue weighted by molar-refractivity contribution is 0.0376. The highest BCUT2D eigenvalue weighted by Gasteiger charge is 2.23. The average Bonchev–Trinajstić information content (AvgIpc) is 3.32. The van der Waals surface area contributed by atoms with Crippen molar-refractivity contribution in [2.75, 3.05) is 0 Å². The summed E-state index contributed by atoms with van der Waals surface area (Å²) in [7, 11) is 0. The van der Waals surface area contributed by atoms with Gasteiger partial charge in [-0.3, -0.25) is 4.79 Å². The number of fused-ring (bicyclic) bond motifs is 1. The molecule has 0 saturated carbocycles. The van der Waals surface area contributed by atoms with Crippen LogP contribution in [0.15, 0.2) is 54.9 Å². The average molecular weight is 445 g/mol. The number of aromatic nitrogens is 3. The molecule has 0 fully saturated rings. The molecule has 0 unspecified atom stereocenters. The lowest BCUT2D eigenvalue weighted by Gasteiger charge is -2.09. The van der Waals surface area contributed by atoms with Gasteiger partial charge in [0, 0.05) is 18.8 Å². The van der Waals surface area contributed by atoms with E-state index < -0.39 is 5.97 Å². The molecule has 7 heteroatoms. The molecule has 33 heavy (non-hydrogen) atoms. The van der Waals surface area contributed by atoms with Crippen LogP contribution in [0, 0.1) is 13.8 Å². The molecule has 0 atom stereocenters. The highest BCUT2D eigenvalue weighted by molar-refractivity contribution is 6.00. The fourth-order valence-electron chi connectivity index (χ4n) is 4.00. The van der Waals surface area contributed by atoms with Gasteiger partial charge in [-0.1, -0.05) is 36.4 Å². The van der Waals surface area contributed by atoms with Crippen molar-refractivity contribution in [3.63, 3.8) is 0 Å². The number of rotatable bonds is 7. The van der Waals surface area contributed by atoms with E-state index in [1.165, 1.54) is 0 Å². The van der Waals surface area contributed by atoms with Crippen molar-refractivity contribution >= 4 is 22.9 Å². The summed E-state index contributed by atoms with van der Waals surface area (Å²) in [5.74, 6) is -0.680. The van der Waals surface area contributed by atoms with Crippen molar-refractivity contribution in [3.8, 4) is 0 Å². The van der Waals surface area contributed by atoms with E-state index in [0.717, 1.165) is 22.2 Å². The van der Waals surface area contributed by atoms with Crippen molar-refractivity contribution in [2.24, 2.45) is 0 Å².